The number of hydrogen-bond acceptors (Lipinski definition) is 1. The number of rotatable bonds is 4. The minimum Gasteiger partial charge on any atom is -0.324 e. The summed E-state index contributed by atoms with van der Waals surface area (Å²) in [6.45, 7) is 0. The van der Waals surface area contributed by atoms with E-state index < -0.39 is 0 Å². The van der Waals surface area contributed by atoms with E-state index in [4.69, 9.17) is 5.73 Å². The topological polar surface area (TPSA) is 26.0 Å². The van der Waals surface area contributed by atoms with Gasteiger partial charge in [-0.1, -0.05) is 42.8 Å². The first-order valence-electron chi connectivity index (χ1n) is 7.32. The Labute approximate surface area is 119 Å². The van der Waals surface area contributed by atoms with Crippen LogP contribution in [0.2, 0.25) is 0 Å². The number of halogens is 1. The van der Waals surface area contributed by atoms with Crippen LogP contribution in [0.5, 0.6) is 0 Å². The van der Waals surface area contributed by atoms with Gasteiger partial charge in [0.1, 0.15) is 5.82 Å². The zero-order valence-corrected chi connectivity index (χ0v) is 11.6. The maximum atomic E-state index is 13.2. The lowest BCUT2D eigenvalue weighted by atomic mass is 9.79. The van der Waals surface area contributed by atoms with Crippen LogP contribution in [0.25, 0.3) is 0 Å². The lowest BCUT2D eigenvalue weighted by molar-refractivity contribution is 0.419. The number of benzene rings is 2. The van der Waals surface area contributed by atoms with Crippen molar-refractivity contribution in [3.8, 4) is 0 Å². The molecule has 1 fully saturated rings. The van der Waals surface area contributed by atoms with E-state index in [0.29, 0.717) is 6.42 Å². The first-order valence-corrected chi connectivity index (χ1v) is 7.32. The predicted molar refractivity (Wildman–Crippen MR) is 80.1 cm³/mol. The fraction of sp³-hybridized carbons (Fsp3) is 0.333. The summed E-state index contributed by atoms with van der Waals surface area (Å²) in [5, 5.41) is 0. The predicted octanol–water partition coefficient (Wildman–Crippen LogP) is 4.34. The molecule has 104 valence electrons. The van der Waals surface area contributed by atoms with Crippen LogP contribution in [0, 0.1) is 5.82 Å². The molecule has 1 aliphatic carbocycles. The standard InChI is InChI=1S/C18H20FN/c19-17-9-1-4-13(10-17)11-18(20)16-8-3-7-15(12-16)14-5-2-6-14/h1,3-4,7-10,12,14,18H,2,5-6,11,20H2. The molecule has 1 atom stereocenters. The van der Waals surface area contributed by atoms with E-state index in [1.54, 1.807) is 12.1 Å². The molecule has 0 amide bonds. The minimum absolute atomic E-state index is 0.0724. The van der Waals surface area contributed by atoms with Crippen molar-refractivity contribution in [1.82, 2.24) is 0 Å². The van der Waals surface area contributed by atoms with Crippen LogP contribution >= 0.6 is 0 Å². The highest BCUT2D eigenvalue weighted by atomic mass is 19.1. The van der Waals surface area contributed by atoms with Gasteiger partial charge in [-0.15, -0.1) is 0 Å². The fourth-order valence-corrected chi connectivity index (χ4v) is 2.82. The summed E-state index contributed by atoms with van der Waals surface area (Å²) >= 11 is 0. The SMILES string of the molecule is NC(Cc1cccc(F)c1)c1cccc(C2CCC2)c1. The molecule has 0 spiro atoms. The van der Waals surface area contributed by atoms with Gasteiger partial charge in [-0.3, -0.25) is 0 Å². The molecule has 20 heavy (non-hydrogen) atoms. The summed E-state index contributed by atoms with van der Waals surface area (Å²) in [6.07, 6.45) is 4.60. The molecular weight excluding hydrogens is 249 g/mol. The van der Waals surface area contributed by atoms with Crippen LogP contribution < -0.4 is 5.73 Å². The monoisotopic (exact) mass is 269 g/mol. The van der Waals surface area contributed by atoms with Gasteiger partial charge in [0.15, 0.2) is 0 Å². The Balaban J connectivity index is 1.74. The van der Waals surface area contributed by atoms with E-state index in [2.05, 4.69) is 24.3 Å². The summed E-state index contributed by atoms with van der Waals surface area (Å²) in [7, 11) is 0. The lowest BCUT2D eigenvalue weighted by Crippen LogP contribution is -2.15. The van der Waals surface area contributed by atoms with Gasteiger partial charge in [0.2, 0.25) is 0 Å². The Hall–Kier alpha value is -1.67. The lowest BCUT2D eigenvalue weighted by Gasteiger charge is -2.26. The Morgan fingerprint density at radius 1 is 1.10 bits per heavy atom. The Kier molecular flexibility index (Phi) is 3.83. The molecule has 0 radical (unpaired) electrons. The number of nitrogens with two attached hydrogens (primary N) is 1. The highest BCUT2D eigenvalue weighted by Gasteiger charge is 2.20. The third-order valence-electron chi connectivity index (χ3n) is 4.26. The zero-order valence-electron chi connectivity index (χ0n) is 11.6. The molecule has 0 heterocycles. The third-order valence-corrected chi connectivity index (χ3v) is 4.26. The maximum Gasteiger partial charge on any atom is 0.123 e. The summed E-state index contributed by atoms with van der Waals surface area (Å²) < 4.78 is 13.2. The summed E-state index contributed by atoms with van der Waals surface area (Å²) in [4.78, 5) is 0. The molecule has 1 saturated carbocycles. The van der Waals surface area contributed by atoms with Gasteiger partial charge in [-0.2, -0.15) is 0 Å². The molecule has 1 nitrogen and oxygen atoms in total. The van der Waals surface area contributed by atoms with E-state index in [1.165, 1.54) is 30.9 Å². The van der Waals surface area contributed by atoms with E-state index in [-0.39, 0.29) is 11.9 Å². The highest BCUT2D eigenvalue weighted by Crippen LogP contribution is 2.37. The molecule has 2 aromatic rings. The Morgan fingerprint density at radius 2 is 1.90 bits per heavy atom. The molecular formula is C18H20FN. The van der Waals surface area contributed by atoms with Crippen molar-refractivity contribution in [2.45, 2.75) is 37.6 Å². The highest BCUT2D eigenvalue weighted by molar-refractivity contribution is 5.31. The zero-order chi connectivity index (χ0) is 13.9. The van der Waals surface area contributed by atoms with Crippen molar-refractivity contribution in [3.05, 3.63) is 71.0 Å². The van der Waals surface area contributed by atoms with E-state index >= 15 is 0 Å². The maximum absolute atomic E-state index is 13.2. The molecule has 2 heteroatoms. The molecule has 0 aromatic heterocycles. The van der Waals surface area contributed by atoms with Crippen LogP contribution in [-0.2, 0) is 6.42 Å². The molecule has 1 unspecified atom stereocenters. The van der Waals surface area contributed by atoms with Crippen LogP contribution in [0.1, 0.15) is 47.9 Å². The smallest absolute Gasteiger partial charge is 0.123 e. The van der Waals surface area contributed by atoms with Gasteiger partial charge in [0, 0.05) is 6.04 Å². The summed E-state index contributed by atoms with van der Waals surface area (Å²) in [5.74, 6) is 0.522. The average molecular weight is 269 g/mol. The largest absolute Gasteiger partial charge is 0.324 e. The molecule has 0 saturated heterocycles. The van der Waals surface area contributed by atoms with Gasteiger partial charge in [0.25, 0.3) is 0 Å². The minimum atomic E-state index is -0.196. The molecule has 1 aliphatic rings. The van der Waals surface area contributed by atoms with Gasteiger partial charge in [-0.05, 0) is 54.0 Å². The van der Waals surface area contributed by atoms with Crippen molar-refractivity contribution in [2.75, 3.05) is 0 Å². The number of hydrogen-bond donors (Lipinski definition) is 1. The van der Waals surface area contributed by atoms with Crippen molar-refractivity contribution in [3.63, 3.8) is 0 Å². The van der Waals surface area contributed by atoms with Gasteiger partial charge in [-0.25, -0.2) is 4.39 Å². The van der Waals surface area contributed by atoms with E-state index in [0.717, 1.165) is 17.0 Å². The molecule has 3 rings (SSSR count). The van der Waals surface area contributed by atoms with Crippen LogP contribution in [-0.4, -0.2) is 0 Å². The van der Waals surface area contributed by atoms with Crippen molar-refractivity contribution in [2.24, 2.45) is 5.73 Å². The van der Waals surface area contributed by atoms with Crippen molar-refractivity contribution >= 4 is 0 Å². The van der Waals surface area contributed by atoms with Gasteiger partial charge in [0.05, 0.1) is 0 Å². The van der Waals surface area contributed by atoms with Crippen molar-refractivity contribution in [1.29, 1.82) is 0 Å². The van der Waals surface area contributed by atoms with Gasteiger partial charge >= 0.3 is 0 Å². The Bertz CT molecular complexity index is 589. The third kappa shape index (κ3) is 2.91. The fourth-order valence-electron chi connectivity index (χ4n) is 2.82. The first-order chi connectivity index (χ1) is 9.72. The molecule has 2 N–H and O–H groups in total. The molecule has 0 bridgehead atoms. The first kappa shape index (κ1) is 13.3. The van der Waals surface area contributed by atoms with Crippen LogP contribution in [0.4, 0.5) is 4.39 Å². The van der Waals surface area contributed by atoms with Crippen LogP contribution in [0.15, 0.2) is 48.5 Å². The summed E-state index contributed by atoms with van der Waals surface area (Å²) in [6, 6.07) is 15.2. The van der Waals surface area contributed by atoms with Crippen molar-refractivity contribution < 1.29 is 4.39 Å². The van der Waals surface area contributed by atoms with Crippen LogP contribution in [0.3, 0.4) is 0 Å². The molecule has 0 aliphatic heterocycles. The van der Waals surface area contributed by atoms with E-state index in [9.17, 15) is 4.39 Å². The Morgan fingerprint density at radius 3 is 2.60 bits per heavy atom. The molecule has 2 aromatic carbocycles. The second-order valence-electron chi connectivity index (χ2n) is 5.74. The second kappa shape index (κ2) is 5.76. The quantitative estimate of drug-likeness (QED) is 0.878. The van der Waals surface area contributed by atoms with E-state index in [1.807, 2.05) is 6.07 Å². The van der Waals surface area contributed by atoms with Gasteiger partial charge < -0.3 is 5.73 Å². The second-order valence-corrected chi connectivity index (χ2v) is 5.74. The normalized spacial score (nSPS) is 16.7. The average Bonchev–Trinajstić information content (AvgIpc) is 2.37. The summed E-state index contributed by atoms with van der Waals surface area (Å²) in [5.41, 5.74) is 9.79.